The molecule has 1 aliphatic heterocycles. The second kappa shape index (κ2) is 19.2. The molecular weight excluding hydrogens is 576 g/mol. The van der Waals surface area contributed by atoms with Gasteiger partial charge in [0.05, 0.1) is 52.9 Å². The van der Waals surface area contributed by atoms with Crippen LogP contribution in [0.1, 0.15) is 13.8 Å². The lowest BCUT2D eigenvalue weighted by Crippen LogP contribution is -2.16. The Morgan fingerprint density at radius 2 is 0.795 bits per heavy atom. The van der Waals surface area contributed by atoms with Gasteiger partial charge in [0.2, 0.25) is 0 Å². The van der Waals surface area contributed by atoms with Gasteiger partial charge in [0.15, 0.2) is 23.0 Å². The van der Waals surface area contributed by atoms with Gasteiger partial charge in [-0.25, -0.2) is 9.59 Å². The fourth-order valence-corrected chi connectivity index (χ4v) is 3.44. The monoisotopic (exact) mass is 616 g/mol. The molecule has 0 radical (unpaired) electrons. The zero-order valence-electron chi connectivity index (χ0n) is 25.3. The van der Waals surface area contributed by atoms with Crippen molar-refractivity contribution in [1.29, 1.82) is 0 Å². The molecule has 1 aliphatic rings. The standard InChI is InChI=1S/C32H40O12/c1-23(2)31(33)43-25-5-7-27-29(21-25)41-19-15-37-11-9-36-14-18-40-28-8-6-26(44-32(34)24(3)4)22-30(28)42-20-16-38-12-10-35-13-17-39-27/h5-8,21-22H,1,3,9-20H2,2,4H3. The van der Waals surface area contributed by atoms with Crippen molar-refractivity contribution < 1.29 is 57.0 Å². The molecule has 0 bridgehead atoms. The zero-order chi connectivity index (χ0) is 31.6. The first-order valence-corrected chi connectivity index (χ1v) is 14.2. The second-order valence-electron chi connectivity index (χ2n) is 9.40. The molecule has 12 nitrogen and oxygen atoms in total. The van der Waals surface area contributed by atoms with Crippen LogP contribution in [0.25, 0.3) is 0 Å². The topological polar surface area (TPSA) is 126 Å². The van der Waals surface area contributed by atoms with Crippen LogP contribution in [0.3, 0.4) is 0 Å². The lowest BCUT2D eigenvalue weighted by Gasteiger charge is -2.16. The molecular formula is C32H40O12. The minimum Gasteiger partial charge on any atom is -0.487 e. The van der Waals surface area contributed by atoms with Crippen molar-refractivity contribution in [3.05, 3.63) is 60.7 Å². The van der Waals surface area contributed by atoms with Gasteiger partial charge in [-0.15, -0.1) is 0 Å². The highest BCUT2D eigenvalue weighted by molar-refractivity contribution is 5.89. The summed E-state index contributed by atoms with van der Waals surface area (Å²) in [5.74, 6) is 1.26. The Hall–Kier alpha value is -4.10. The Balaban J connectivity index is 1.56. The van der Waals surface area contributed by atoms with Crippen molar-refractivity contribution in [2.75, 3.05) is 79.3 Å². The number of rotatable bonds is 4. The van der Waals surface area contributed by atoms with E-state index in [2.05, 4.69) is 13.2 Å². The first-order chi connectivity index (χ1) is 21.3. The van der Waals surface area contributed by atoms with Crippen LogP contribution in [-0.2, 0) is 28.5 Å². The number of hydrogen-bond donors (Lipinski definition) is 0. The fraction of sp³-hybridized carbons (Fsp3) is 0.438. The summed E-state index contributed by atoms with van der Waals surface area (Å²) in [4.78, 5) is 23.9. The van der Waals surface area contributed by atoms with Gasteiger partial charge in [-0.1, -0.05) is 13.2 Å². The van der Waals surface area contributed by atoms with Crippen molar-refractivity contribution >= 4 is 11.9 Å². The van der Waals surface area contributed by atoms with Gasteiger partial charge in [-0.2, -0.15) is 0 Å². The average molecular weight is 617 g/mol. The van der Waals surface area contributed by atoms with Crippen molar-refractivity contribution in [2.24, 2.45) is 0 Å². The van der Waals surface area contributed by atoms with E-state index < -0.39 is 11.9 Å². The van der Waals surface area contributed by atoms with E-state index in [1.807, 2.05) is 0 Å². The minimum absolute atomic E-state index is 0.228. The van der Waals surface area contributed by atoms with Gasteiger partial charge in [-0.3, -0.25) is 0 Å². The Morgan fingerprint density at radius 1 is 0.500 bits per heavy atom. The maximum Gasteiger partial charge on any atom is 0.338 e. The molecule has 0 amide bonds. The van der Waals surface area contributed by atoms with E-state index >= 15 is 0 Å². The molecule has 0 saturated carbocycles. The van der Waals surface area contributed by atoms with Gasteiger partial charge in [0.25, 0.3) is 0 Å². The molecule has 0 fully saturated rings. The summed E-state index contributed by atoms with van der Waals surface area (Å²) >= 11 is 0. The second-order valence-corrected chi connectivity index (χ2v) is 9.40. The van der Waals surface area contributed by atoms with E-state index in [1.165, 1.54) is 0 Å². The van der Waals surface area contributed by atoms with Crippen LogP contribution >= 0.6 is 0 Å². The normalized spacial score (nSPS) is 16.0. The van der Waals surface area contributed by atoms with Gasteiger partial charge in [0.1, 0.15) is 37.9 Å². The number of hydrogen-bond acceptors (Lipinski definition) is 12. The molecule has 0 aromatic heterocycles. The first kappa shape index (κ1) is 34.4. The largest absolute Gasteiger partial charge is 0.487 e. The van der Waals surface area contributed by atoms with E-state index in [0.29, 0.717) is 87.4 Å². The van der Waals surface area contributed by atoms with E-state index in [4.69, 9.17) is 47.4 Å². The average Bonchev–Trinajstić information content (AvgIpc) is 3.00. The minimum atomic E-state index is -0.536. The highest BCUT2D eigenvalue weighted by atomic mass is 16.6. The maximum atomic E-state index is 11.9. The molecule has 3 rings (SSSR count). The van der Waals surface area contributed by atoms with Crippen molar-refractivity contribution in [2.45, 2.75) is 13.8 Å². The predicted octanol–water partition coefficient (Wildman–Crippen LogP) is 3.95. The van der Waals surface area contributed by atoms with Crippen molar-refractivity contribution in [1.82, 2.24) is 0 Å². The van der Waals surface area contributed by atoms with Gasteiger partial charge >= 0.3 is 11.9 Å². The van der Waals surface area contributed by atoms with Crippen LogP contribution in [0.15, 0.2) is 60.7 Å². The zero-order valence-corrected chi connectivity index (χ0v) is 25.3. The molecule has 0 unspecified atom stereocenters. The number of ether oxygens (including phenoxy) is 10. The van der Waals surface area contributed by atoms with Gasteiger partial charge in [-0.05, 0) is 38.1 Å². The van der Waals surface area contributed by atoms with Crippen molar-refractivity contribution in [3.63, 3.8) is 0 Å². The maximum absolute atomic E-state index is 11.9. The van der Waals surface area contributed by atoms with Gasteiger partial charge < -0.3 is 47.4 Å². The first-order valence-electron chi connectivity index (χ1n) is 14.2. The summed E-state index contributed by atoms with van der Waals surface area (Å²) in [5.41, 5.74) is 0.561. The summed E-state index contributed by atoms with van der Waals surface area (Å²) in [7, 11) is 0. The third-order valence-electron chi connectivity index (χ3n) is 5.63. The van der Waals surface area contributed by atoms with Crippen LogP contribution in [0.2, 0.25) is 0 Å². The molecule has 0 aliphatic carbocycles. The summed E-state index contributed by atoms with van der Waals surface area (Å²) in [6, 6.07) is 9.69. The number of carbonyl (C=O) groups is 2. The molecule has 0 saturated heterocycles. The molecule has 0 N–H and O–H groups in total. The summed E-state index contributed by atoms with van der Waals surface area (Å²) < 4.78 is 56.4. The Morgan fingerprint density at radius 3 is 1.11 bits per heavy atom. The predicted molar refractivity (Wildman–Crippen MR) is 159 cm³/mol. The van der Waals surface area contributed by atoms with Gasteiger partial charge in [0, 0.05) is 23.3 Å². The van der Waals surface area contributed by atoms with Crippen molar-refractivity contribution in [3.8, 4) is 34.5 Å². The van der Waals surface area contributed by atoms with Crippen LogP contribution in [-0.4, -0.2) is 91.2 Å². The Labute approximate surface area is 257 Å². The van der Waals surface area contributed by atoms with E-state index in [1.54, 1.807) is 50.2 Å². The third-order valence-corrected chi connectivity index (χ3v) is 5.63. The molecule has 2 aromatic rings. The number of esters is 2. The van der Waals surface area contributed by atoms with E-state index in [9.17, 15) is 9.59 Å². The Kier molecular flexibility index (Phi) is 15.0. The van der Waals surface area contributed by atoms with Crippen LogP contribution in [0.4, 0.5) is 0 Å². The molecule has 0 atom stereocenters. The van der Waals surface area contributed by atoms with E-state index in [-0.39, 0.29) is 37.6 Å². The highest BCUT2D eigenvalue weighted by Crippen LogP contribution is 2.33. The number of benzene rings is 2. The van der Waals surface area contributed by atoms with Crippen LogP contribution in [0.5, 0.6) is 34.5 Å². The lowest BCUT2D eigenvalue weighted by atomic mass is 10.3. The smallest absolute Gasteiger partial charge is 0.338 e. The summed E-state index contributed by atoms with van der Waals surface area (Å²) in [5, 5.41) is 0. The number of fused-ring (bicyclic) bond motifs is 2. The molecule has 1 heterocycles. The number of carbonyl (C=O) groups excluding carboxylic acids is 2. The van der Waals surface area contributed by atoms with Crippen LogP contribution < -0.4 is 28.4 Å². The summed E-state index contributed by atoms with van der Waals surface area (Å²) in [6.07, 6.45) is 0. The molecule has 240 valence electrons. The Bertz CT molecular complexity index is 1150. The molecule has 0 spiro atoms. The van der Waals surface area contributed by atoms with E-state index in [0.717, 1.165) is 0 Å². The quantitative estimate of drug-likeness (QED) is 0.281. The third kappa shape index (κ3) is 12.6. The molecule has 12 heteroatoms. The van der Waals surface area contributed by atoms with Crippen LogP contribution in [0, 0.1) is 0 Å². The highest BCUT2D eigenvalue weighted by Gasteiger charge is 2.13. The molecule has 44 heavy (non-hydrogen) atoms. The SMILES string of the molecule is C=C(C)C(=O)Oc1ccc2c(c1)OCCOCCOCCOc1ccc(OC(=O)C(=C)C)cc1OCCOCCOCCO2. The summed E-state index contributed by atoms with van der Waals surface area (Å²) in [6.45, 7) is 13.9. The molecule has 2 aromatic carbocycles. The lowest BCUT2D eigenvalue weighted by molar-refractivity contribution is -0.130. The fourth-order valence-electron chi connectivity index (χ4n) is 3.44.